The molecule has 0 saturated heterocycles. The molecule has 0 unspecified atom stereocenters. The van der Waals surface area contributed by atoms with Crippen molar-refractivity contribution in [2.24, 2.45) is 0 Å². The van der Waals surface area contributed by atoms with Crippen LogP contribution in [0.1, 0.15) is 23.8 Å². The molecule has 0 saturated carbocycles. The number of benzene rings is 1. The molecule has 1 amide bonds. The SMILES string of the molecule is CCCN(CCO)c1ccc(C(=O)Nc2ccccc2)nn1. The van der Waals surface area contributed by atoms with Gasteiger partial charge in [0.1, 0.15) is 0 Å². The summed E-state index contributed by atoms with van der Waals surface area (Å²) in [7, 11) is 0. The molecule has 22 heavy (non-hydrogen) atoms. The maximum absolute atomic E-state index is 12.1. The number of hydrogen-bond acceptors (Lipinski definition) is 5. The molecule has 2 N–H and O–H groups in total. The zero-order valence-electron chi connectivity index (χ0n) is 12.6. The van der Waals surface area contributed by atoms with E-state index in [1.807, 2.05) is 35.2 Å². The molecule has 116 valence electrons. The Labute approximate surface area is 129 Å². The van der Waals surface area contributed by atoms with Gasteiger partial charge in [-0.2, -0.15) is 0 Å². The topological polar surface area (TPSA) is 78.4 Å². The van der Waals surface area contributed by atoms with Crippen molar-refractivity contribution < 1.29 is 9.90 Å². The van der Waals surface area contributed by atoms with Crippen LogP contribution in [0.2, 0.25) is 0 Å². The lowest BCUT2D eigenvalue weighted by atomic mass is 10.3. The second kappa shape index (κ2) is 8.09. The van der Waals surface area contributed by atoms with Crippen molar-refractivity contribution in [1.82, 2.24) is 10.2 Å². The lowest BCUT2D eigenvalue weighted by molar-refractivity contribution is 0.102. The first-order chi connectivity index (χ1) is 10.7. The number of amides is 1. The summed E-state index contributed by atoms with van der Waals surface area (Å²) in [6, 6.07) is 12.6. The van der Waals surface area contributed by atoms with Gasteiger partial charge in [0.05, 0.1) is 6.61 Å². The average molecular weight is 300 g/mol. The molecule has 0 spiro atoms. The zero-order valence-corrected chi connectivity index (χ0v) is 12.6. The number of hydrogen-bond donors (Lipinski definition) is 2. The van der Waals surface area contributed by atoms with E-state index < -0.39 is 0 Å². The highest BCUT2D eigenvalue weighted by molar-refractivity contribution is 6.02. The fourth-order valence-electron chi connectivity index (χ4n) is 2.06. The number of aliphatic hydroxyl groups excluding tert-OH is 1. The summed E-state index contributed by atoms with van der Waals surface area (Å²) in [5.74, 6) is 0.363. The van der Waals surface area contributed by atoms with Gasteiger partial charge in [-0.05, 0) is 30.7 Å². The zero-order chi connectivity index (χ0) is 15.8. The van der Waals surface area contributed by atoms with Gasteiger partial charge >= 0.3 is 0 Å². The van der Waals surface area contributed by atoms with Gasteiger partial charge in [-0.15, -0.1) is 10.2 Å². The Morgan fingerprint density at radius 2 is 1.91 bits per heavy atom. The Morgan fingerprint density at radius 3 is 2.50 bits per heavy atom. The van der Waals surface area contributed by atoms with Crippen LogP contribution in [0.15, 0.2) is 42.5 Å². The fourth-order valence-corrected chi connectivity index (χ4v) is 2.06. The first-order valence-electron chi connectivity index (χ1n) is 7.30. The van der Waals surface area contributed by atoms with E-state index in [1.165, 1.54) is 0 Å². The summed E-state index contributed by atoms with van der Waals surface area (Å²) in [6.45, 7) is 3.39. The molecule has 0 aliphatic rings. The number of aromatic nitrogens is 2. The van der Waals surface area contributed by atoms with Gasteiger partial charge in [0.25, 0.3) is 5.91 Å². The van der Waals surface area contributed by atoms with Crippen LogP contribution in [0.25, 0.3) is 0 Å². The molecule has 1 aromatic carbocycles. The maximum Gasteiger partial charge on any atom is 0.276 e. The van der Waals surface area contributed by atoms with Gasteiger partial charge in [0.2, 0.25) is 0 Å². The van der Waals surface area contributed by atoms with E-state index in [9.17, 15) is 4.79 Å². The molecule has 0 bridgehead atoms. The second-order valence-electron chi connectivity index (χ2n) is 4.81. The Hall–Kier alpha value is -2.47. The fraction of sp³-hybridized carbons (Fsp3) is 0.312. The van der Waals surface area contributed by atoms with E-state index in [2.05, 4.69) is 22.4 Å². The van der Waals surface area contributed by atoms with E-state index >= 15 is 0 Å². The number of carbonyl (C=O) groups is 1. The summed E-state index contributed by atoms with van der Waals surface area (Å²) >= 11 is 0. The number of para-hydroxylation sites is 1. The largest absolute Gasteiger partial charge is 0.395 e. The van der Waals surface area contributed by atoms with Crippen molar-refractivity contribution in [2.75, 3.05) is 29.9 Å². The number of rotatable bonds is 7. The van der Waals surface area contributed by atoms with Gasteiger partial charge in [-0.3, -0.25) is 4.79 Å². The van der Waals surface area contributed by atoms with Crippen LogP contribution >= 0.6 is 0 Å². The molecule has 0 aliphatic heterocycles. The number of nitrogens with zero attached hydrogens (tertiary/aromatic N) is 3. The van der Waals surface area contributed by atoms with Crippen LogP contribution in [0.4, 0.5) is 11.5 Å². The molecule has 6 heteroatoms. The van der Waals surface area contributed by atoms with E-state index in [0.717, 1.165) is 13.0 Å². The Balaban J connectivity index is 2.05. The lowest BCUT2D eigenvalue weighted by Gasteiger charge is -2.21. The van der Waals surface area contributed by atoms with Crippen LogP contribution in [0.3, 0.4) is 0 Å². The molecular weight excluding hydrogens is 280 g/mol. The third-order valence-electron chi connectivity index (χ3n) is 3.10. The molecule has 0 atom stereocenters. The highest BCUT2D eigenvalue weighted by atomic mass is 16.3. The normalized spacial score (nSPS) is 10.3. The molecule has 1 aromatic heterocycles. The minimum Gasteiger partial charge on any atom is -0.395 e. The third kappa shape index (κ3) is 4.26. The Kier molecular flexibility index (Phi) is 5.85. The Bertz CT molecular complexity index is 581. The average Bonchev–Trinajstić information content (AvgIpc) is 2.56. The van der Waals surface area contributed by atoms with E-state index in [1.54, 1.807) is 12.1 Å². The maximum atomic E-state index is 12.1. The molecule has 1 heterocycles. The van der Waals surface area contributed by atoms with E-state index in [4.69, 9.17) is 5.11 Å². The van der Waals surface area contributed by atoms with Crippen molar-refractivity contribution >= 4 is 17.4 Å². The van der Waals surface area contributed by atoms with Gasteiger partial charge in [0.15, 0.2) is 11.5 Å². The highest BCUT2D eigenvalue weighted by Gasteiger charge is 2.11. The summed E-state index contributed by atoms with van der Waals surface area (Å²) in [5.41, 5.74) is 0.972. The van der Waals surface area contributed by atoms with Gasteiger partial charge in [0, 0.05) is 18.8 Å². The van der Waals surface area contributed by atoms with E-state index in [0.29, 0.717) is 18.1 Å². The van der Waals surface area contributed by atoms with Crippen LogP contribution < -0.4 is 10.2 Å². The van der Waals surface area contributed by atoms with Crippen LogP contribution in [0.5, 0.6) is 0 Å². The monoisotopic (exact) mass is 300 g/mol. The number of anilines is 2. The Morgan fingerprint density at radius 1 is 1.14 bits per heavy atom. The molecular formula is C16H20N4O2. The van der Waals surface area contributed by atoms with Crippen molar-refractivity contribution in [3.8, 4) is 0 Å². The van der Waals surface area contributed by atoms with Gasteiger partial charge in [-0.25, -0.2) is 0 Å². The summed E-state index contributed by atoms with van der Waals surface area (Å²) in [6.07, 6.45) is 0.942. The molecule has 6 nitrogen and oxygen atoms in total. The van der Waals surface area contributed by atoms with Gasteiger partial charge in [-0.1, -0.05) is 25.1 Å². The predicted molar refractivity (Wildman–Crippen MR) is 86.0 cm³/mol. The number of carbonyl (C=O) groups excluding carboxylic acids is 1. The van der Waals surface area contributed by atoms with Crippen LogP contribution in [0, 0.1) is 0 Å². The number of nitrogens with one attached hydrogen (secondary N) is 1. The number of aliphatic hydroxyl groups is 1. The summed E-state index contributed by atoms with van der Waals surface area (Å²) in [5, 5.41) is 19.9. The van der Waals surface area contributed by atoms with Crippen molar-refractivity contribution in [2.45, 2.75) is 13.3 Å². The van der Waals surface area contributed by atoms with Crippen molar-refractivity contribution in [3.05, 3.63) is 48.2 Å². The second-order valence-corrected chi connectivity index (χ2v) is 4.81. The summed E-state index contributed by atoms with van der Waals surface area (Å²) in [4.78, 5) is 14.0. The smallest absolute Gasteiger partial charge is 0.276 e. The molecule has 2 rings (SSSR count). The first-order valence-corrected chi connectivity index (χ1v) is 7.30. The van der Waals surface area contributed by atoms with Crippen LogP contribution in [-0.2, 0) is 0 Å². The van der Waals surface area contributed by atoms with Crippen LogP contribution in [-0.4, -0.2) is 40.9 Å². The van der Waals surface area contributed by atoms with Gasteiger partial charge < -0.3 is 15.3 Å². The minimum atomic E-state index is -0.297. The van der Waals surface area contributed by atoms with Crippen molar-refractivity contribution in [3.63, 3.8) is 0 Å². The molecule has 0 radical (unpaired) electrons. The lowest BCUT2D eigenvalue weighted by Crippen LogP contribution is -2.28. The highest BCUT2D eigenvalue weighted by Crippen LogP contribution is 2.11. The third-order valence-corrected chi connectivity index (χ3v) is 3.10. The first kappa shape index (κ1) is 15.9. The van der Waals surface area contributed by atoms with E-state index in [-0.39, 0.29) is 18.2 Å². The quantitative estimate of drug-likeness (QED) is 0.817. The molecule has 0 fully saturated rings. The minimum absolute atomic E-state index is 0.0535. The summed E-state index contributed by atoms with van der Waals surface area (Å²) < 4.78 is 0. The standard InChI is InChI=1S/C16H20N4O2/c1-2-10-20(11-12-21)15-9-8-14(18-19-15)16(22)17-13-6-4-3-5-7-13/h3-9,21H,2,10-12H2,1H3,(H,17,22). The molecule has 2 aromatic rings. The van der Waals surface area contributed by atoms with Crippen molar-refractivity contribution in [1.29, 1.82) is 0 Å². The molecule has 0 aliphatic carbocycles. The predicted octanol–water partition coefficient (Wildman–Crippen LogP) is 1.94.